The second-order valence-electron chi connectivity index (χ2n) is 9.13. The maximum Gasteiger partial charge on any atom is 0.145 e. The van der Waals surface area contributed by atoms with Crippen molar-refractivity contribution in [2.45, 2.75) is 67.7 Å². The lowest BCUT2D eigenvalue weighted by molar-refractivity contribution is -0.104. The number of rotatable bonds is 9. The van der Waals surface area contributed by atoms with Crippen LogP contribution in [0.5, 0.6) is 0 Å². The molecule has 0 unspecified atom stereocenters. The second kappa shape index (κ2) is 13.6. The van der Waals surface area contributed by atoms with E-state index in [0.717, 1.165) is 17.4 Å². The monoisotopic (exact) mass is 416 g/mol. The predicted molar refractivity (Wildman–Crippen MR) is 138 cm³/mol. The summed E-state index contributed by atoms with van der Waals surface area (Å²) >= 11 is 0. The van der Waals surface area contributed by atoms with Gasteiger partial charge in [0.1, 0.15) is 6.29 Å². The van der Waals surface area contributed by atoms with Gasteiger partial charge in [0.2, 0.25) is 0 Å². The Morgan fingerprint density at radius 2 is 1.23 bits per heavy atom. The summed E-state index contributed by atoms with van der Waals surface area (Å²) in [5, 5.41) is 0. The molecule has 0 heterocycles. The number of hydrogen-bond donors (Lipinski definition) is 0. The van der Waals surface area contributed by atoms with Crippen molar-refractivity contribution < 1.29 is 4.79 Å². The molecule has 0 saturated carbocycles. The van der Waals surface area contributed by atoms with Gasteiger partial charge in [-0.3, -0.25) is 4.79 Å². The Labute approximate surface area is 190 Å². The van der Waals surface area contributed by atoms with Crippen LogP contribution in [0.25, 0.3) is 0 Å². The van der Waals surface area contributed by atoms with Gasteiger partial charge in [-0.15, -0.1) is 0 Å². The molecule has 1 nitrogen and oxygen atoms in total. The van der Waals surface area contributed by atoms with Gasteiger partial charge in [-0.05, 0) is 70.4 Å². The molecule has 0 spiro atoms. The molecule has 0 radical (unpaired) electrons. The highest BCUT2D eigenvalue weighted by atomic mass is 16.1. The summed E-state index contributed by atoms with van der Waals surface area (Å²) in [5.74, 6) is 0. The molecule has 166 valence electrons. The van der Waals surface area contributed by atoms with Gasteiger partial charge in [-0.2, -0.15) is 0 Å². The van der Waals surface area contributed by atoms with Crippen LogP contribution in [0.4, 0.5) is 0 Å². The molecular formula is C30H40O. The van der Waals surface area contributed by atoms with Gasteiger partial charge in [0, 0.05) is 0 Å². The molecule has 0 fully saturated rings. The Hall–Kier alpha value is -2.67. The zero-order valence-corrected chi connectivity index (χ0v) is 20.5. The van der Waals surface area contributed by atoms with Crippen LogP contribution in [-0.2, 0) is 4.79 Å². The first-order chi connectivity index (χ1) is 14.7. The third kappa shape index (κ3) is 10.8. The zero-order valence-electron chi connectivity index (χ0n) is 20.5. The maximum atomic E-state index is 10.6. The molecule has 0 atom stereocenters. The van der Waals surface area contributed by atoms with Crippen molar-refractivity contribution in [1.82, 2.24) is 0 Å². The van der Waals surface area contributed by atoms with Gasteiger partial charge < -0.3 is 0 Å². The summed E-state index contributed by atoms with van der Waals surface area (Å²) in [6.07, 6.45) is 29.5. The van der Waals surface area contributed by atoms with E-state index in [1.165, 1.54) is 41.6 Å². The third-order valence-electron chi connectivity index (χ3n) is 5.51. The molecule has 0 saturated heterocycles. The van der Waals surface area contributed by atoms with Crippen LogP contribution in [0.3, 0.4) is 0 Å². The molecule has 0 aromatic rings. The fourth-order valence-electron chi connectivity index (χ4n) is 3.55. The number of carbonyl (C=O) groups excluding carboxylic acids is 1. The molecule has 0 aromatic carbocycles. The fourth-order valence-corrected chi connectivity index (χ4v) is 3.55. The predicted octanol–water partition coefficient (Wildman–Crippen LogP) is 8.72. The summed E-state index contributed by atoms with van der Waals surface area (Å²) in [7, 11) is 0. The van der Waals surface area contributed by atoms with Crippen molar-refractivity contribution in [2.24, 2.45) is 5.41 Å². The molecule has 0 N–H and O–H groups in total. The third-order valence-corrected chi connectivity index (χ3v) is 5.51. The first kappa shape index (κ1) is 26.4. The number of carbonyl (C=O) groups is 1. The van der Waals surface area contributed by atoms with Crippen LogP contribution in [0.1, 0.15) is 67.7 Å². The molecular weight excluding hydrogens is 376 g/mol. The minimum absolute atomic E-state index is 0.286. The molecule has 1 aliphatic carbocycles. The summed E-state index contributed by atoms with van der Waals surface area (Å²) in [4.78, 5) is 10.6. The van der Waals surface area contributed by atoms with Gasteiger partial charge >= 0.3 is 0 Å². The van der Waals surface area contributed by atoms with Crippen molar-refractivity contribution in [2.75, 3.05) is 0 Å². The summed E-state index contributed by atoms with van der Waals surface area (Å²) in [6, 6.07) is 0. The minimum atomic E-state index is 0.286. The Balaban J connectivity index is 2.65. The number of hydrogen-bond acceptors (Lipinski definition) is 1. The van der Waals surface area contributed by atoms with Gasteiger partial charge in [-0.1, -0.05) is 109 Å². The van der Waals surface area contributed by atoms with Gasteiger partial charge in [0.15, 0.2) is 0 Å². The summed E-state index contributed by atoms with van der Waals surface area (Å²) in [5.41, 5.74) is 7.62. The normalized spacial score (nSPS) is 19.6. The van der Waals surface area contributed by atoms with Crippen LogP contribution in [-0.4, -0.2) is 6.29 Å². The molecule has 0 amide bonds. The van der Waals surface area contributed by atoms with Crippen molar-refractivity contribution in [3.05, 3.63) is 106 Å². The van der Waals surface area contributed by atoms with E-state index in [4.69, 9.17) is 0 Å². The maximum absolute atomic E-state index is 10.6. The van der Waals surface area contributed by atoms with Crippen molar-refractivity contribution in [3.8, 4) is 0 Å². The Morgan fingerprint density at radius 1 is 0.742 bits per heavy atom. The van der Waals surface area contributed by atoms with E-state index >= 15 is 0 Å². The first-order valence-corrected chi connectivity index (χ1v) is 11.2. The SMILES string of the molecule is CC1=C(/C=C/C(C)=C/C=C\C(C)=C/C=C\C=C(C)\C=C/C=C(\C)C=O)C(C)(C)CCC1. The Kier molecular flexibility index (Phi) is 11.6. The molecule has 1 heteroatoms. The first-order valence-electron chi connectivity index (χ1n) is 11.2. The molecule has 0 aromatic heterocycles. The molecule has 0 aliphatic heterocycles. The summed E-state index contributed by atoms with van der Waals surface area (Å²) in [6.45, 7) is 15.1. The zero-order chi connectivity index (χ0) is 23.3. The lowest BCUT2D eigenvalue weighted by Gasteiger charge is -2.32. The molecule has 1 rings (SSSR count). The Bertz CT molecular complexity index is 887. The quantitative estimate of drug-likeness (QED) is 0.209. The lowest BCUT2D eigenvalue weighted by Crippen LogP contribution is -2.19. The van der Waals surface area contributed by atoms with Crippen molar-refractivity contribution >= 4 is 6.29 Å². The fraction of sp³-hybridized carbons (Fsp3) is 0.367. The number of allylic oxidation sites excluding steroid dienone is 18. The molecule has 31 heavy (non-hydrogen) atoms. The van der Waals surface area contributed by atoms with E-state index < -0.39 is 0 Å². The van der Waals surface area contributed by atoms with Crippen LogP contribution >= 0.6 is 0 Å². The van der Waals surface area contributed by atoms with Crippen LogP contribution in [0.2, 0.25) is 0 Å². The topological polar surface area (TPSA) is 17.1 Å². The minimum Gasteiger partial charge on any atom is -0.298 e. The van der Waals surface area contributed by atoms with E-state index in [-0.39, 0.29) is 5.41 Å². The van der Waals surface area contributed by atoms with E-state index in [9.17, 15) is 4.79 Å². The largest absolute Gasteiger partial charge is 0.298 e. The highest BCUT2D eigenvalue weighted by Crippen LogP contribution is 2.40. The van der Waals surface area contributed by atoms with E-state index in [2.05, 4.69) is 71.1 Å². The van der Waals surface area contributed by atoms with Crippen LogP contribution < -0.4 is 0 Å². The van der Waals surface area contributed by atoms with Crippen molar-refractivity contribution in [1.29, 1.82) is 0 Å². The highest BCUT2D eigenvalue weighted by molar-refractivity contribution is 5.72. The van der Waals surface area contributed by atoms with Gasteiger partial charge in [-0.25, -0.2) is 0 Å². The van der Waals surface area contributed by atoms with Crippen LogP contribution in [0, 0.1) is 5.41 Å². The van der Waals surface area contributed by atoms with E-state index in [1.807, 2.05) is 43.4 Å². The lowest BCUT2D eigenvalue weighted by atomic mass is 9.72. The van der Waals surface area contributed by atoms with E-state index in [0.29, 0.717) is 0 Å². The standard InChI is InChI=1S/C30H40O/c1-24(13-8-9-14-25(2)16-11-18-27(4)23-31)15-10-17-26(3)20-21-29-28(5)19-12-22-30(29,6)7/h8-11,13-18,20-21,23H,12,19,22H2,1-7H3/b9-8-,15-10-,16-11-,21-20+,24-13-,25-14+,26-17+,27-18+. The summed E-state index contributed by atoms with van der Waals surface area (Å²) < 4.78 is 0. The van der Waals surface area contributed by atoms with Crippen molar-refractivity contribution in [3.63, 3.8) is 0 Å². The highest BCUT2D eigenvalue weighted by Gasteiger charge is 2.26. The van der Waals surface area contributed by atoms with Crippen LogP contribution in [0.15, 0.2) is 106 Å². The van der Waals surface area contributed by atoms with Gasteiger partial charge in [0.25, 0.3) is 0 Å². The molecule has 1 aliphatic rings. The smallest absolute Gasteiger partial charge is 0.145 e. The van der Waals surface area contributed by atoms with E-state index in [1.54, 1.807) is 6.92 Å². The second-order valence-corrected chi connectivity index (χ2v) is 9.13. The Morgan fingerprint density at radius 3 is 1.74 bits per heavy atom. The number of aldehydes is 1. The molecule has 0 bridgehead atoms. The average molecular weight is 417 g/mol. The average Bonchev–Trinajstić information content (AvgIpc) is 2.70. The van der Waals surface area contributed by atoms with Gasteiger partial charge in [0.05, 0.1) is 0 Å².